The van der Waals surface area contributed by atoms with E-state index in [-0.39, 0.29) is 30.9 Å². The maximum absolute atomic E-state index is 13.1. The molecule has 31 heavy (non-hydrogen) atoms. The number of hydrogen-bond acceptors (Lipinski definition) is 3. The van der Waals surface area contributed by atoms with Gasteiger partial charge < -0.3 is 15.0 Å². The minimum atomic E-state index is -0.156. The topological polar surface area (TPSA) is 58.6 Å². The Labute approximate surface area is 183 Å². The summed E-state index contributed by atoms with van der Waals surface area (Å²) >= 11 is 0. The summed E-state index contributed by atoms with van der Waals surface area (Å²) in [5.74, 6) is 0.451. The van der Waals surface area contributed by atoms with Crippen LogP contribution in [0.5, 0.6) is 5.75 Å². The van der Waals surface area contributed by atoms with Crippen LogP contribution in [0.15, 0.2) is 84.9 Å². The summed E-state index contributed by atoms with van der Waals surface area (Å²) in [5.41, 5.74) is 2.60. The third-order valence-electron chi connectivity index (χ3n) is 4.63. The molecule has 3 aromatic rings. The highest BCUT2D eigenvalue weighted by Gasteiger charge is 2.18. The second kappa shape index (κ2) is 11.0. The third-order valence-corrected chi connectivity index (χ3v) is 4.63. The molecule has 0 aliphatic carbocycles. The highest BCUT2D eigenvalue weighted by Crippen LogP contribution is 2.20. The van der Waals surface area contributed by atoms with Gasteiger partial charge in [0.2, 0.25) is 5.91 Å². The van der Waals surface area contributed by atoms with E-state index in [1.807, 2.05) is 98.8 Å². The number of anilines is 1. The zero-order valence-electron chi connectivity index (χ0n) is 18.0. The first-order valence-corrected chi connectivity index (χ1v) is 10.4. The second-order valence-corrected chi connectivity index (χ2v) is 7.64. The van der Waals surface area contributed by atoms with Crippen molar-refractivity contribution in [3.63, 3.8) is 0 Å². The molecule has 2 amide bonds. The van der Waals surface area contributed by atoms with E-state index in [1.54, 1.807) is 4.90 Å². The molecule has 0 radical (unpaired) electrons. The Morgan fingerprint density at radius 3 is 2.19 bits per heavy atom. The van der Waals surface area contributed by atoms with Gasteiger partial charge in [0.1, 0.15) is 5.75 Å². The lowest BCUT2D eigenvalue weighted by atomic mass is 10.1. The van der Waals surface area contributed by atoms with E-state index in [0.29, 0.717) is 12.3 Å². The molecule has 3 rings (SSSR count). The molecule has 160 valence electrons. The van der Waals surface area contributed by atoms with Crippen molar-refractivity contribution in [1.29, 1.82) is 0 Å². The van der Waals surface area contributed by atoms with E-state index in [9.17, 15) is 9.59 Å². The van der Waals surface area contributed by atoms with Gasteiger partial charge in [-0.1, -0.05) is 60.7 Å². The Morgan fingerprint density at radius 2 is 1.52 bits per heavy atom. The van der Waals surface area contributed by atoms with E-state index in [4.69, 9.17) is 4.74 Å². The molecule has 0 aromatic heterocycles. The van der Waals surface area contributed by atoms with Gasteiger partial charge in [0.25, 0.3) is 5.91 Å². The predicted octanol–water partition coefficient (Wildman–Crippen LogP) is 4.37. The number of para-hydroxylation sites is 1. The van der Waals surface area contributed by atoms with Crippen molar-refractivity contribution in [3.05, 3.63) is 96.1 Å². The second-order valence-electron chi connectivity index (χ2n) is 7.64. The van der Waals surface area contributed by atoms with Crippen LogP contribution in [0.3, 0.4) is 0 Å². The molecule has 5 heteroatoms. The standard InChI is InChI=1S/C26H28N2O3/c1-20(2)27-25(29)17-22-12-9-13-23(16-22)28(18-21-10-5-3-6-11-21)26(30)19-31-24-14-7-4-8-15-24/h3-16,20H,17-19H2,1-2H3,(H,27,29). The van der Waals surface area contributed by atoms with Crippen molar-refractivity contribution in [2.45, 2.75) is 32.9 Å². The molecule has 0 atom stereocenters. The molecule has 5 nitrogen and oxygen atoms in total. The molecular formula is C26H28N2O3. The smallest absolute Gasteiger partial charge is 0.265 e. The van der Waals surface area contributed by atoms with Crippen molar-refractivity contribution in [2.75, 3.05) is 11.5 Å². The first-order valence-electron chi connectivity index (χ1n) is 10.4. The average Bonchev–Trinajstić information content (AvgIpc) is 2.77. The van der Waals surface area contributed by atoms with Crippen molar-refractivity contribution < 1.29 is 14.3 Å². The zero-order chi connectivity index (χ0) is 22.1. The fourth-order valence-electron chi connectivity index (χ4n) is 3.22. The molecule has 0 aliphatic heterocycles. The van der Waals surface area contributed by atoms with Crippen LogP contribution in [0.25, 0.3) is 0 Å². The molecule has 0 bridgehead atoms. The number of nitrogens with one attached hydrogen (secondary N) is 1. The van der Waals surface area contributed by atoms with Gasteiger partial charge in [-0.3, -0.25) is 9.59 Å². The average molecular weight is 417 g/mol. The first kappa shape index (κ1) is 22.1. The number of ether oxygens (including phenoxy) is 1. The Bertz CT molecular complexity index is 988. The molecule has 0 spiro atoms. The molecule has 0 saturated carbocycles. The number of carbonyl (C=O) groups excluding carboxylic acids is 2. The predicted molar refractivity (Wildman–Crippen MR) is 123 cm³/mol. The Hall–Kier alpha value is -3.60. The molecule has 0 unspecified atom stereocenters. The van der Waals surface area contributed by atoms with Gasteiger partial charge in [-0.2, -0.15) is 0 Å². The molecule has 0 aliphatic rings. The maximum atomic E-state index is 13.1. The molecule has 0 fully saturated rings. The summed E-state index contributed by atoms with van der Waals surface area (Å²) in [5, 5.41) is 2.90. The van der Waals surface area contributed by atoms with Gasteiger partial charge in [0, 0.05) is 11.7 Å². The minimum absolute atomic E-state index is 0.0412. The van der Waals surface area contributed by atoms with Crippen LogP contribution in [-0.2, 0) is 22.6 Å². The van der Waals surface area contributed by atoms with Gasteiger partial charge in [-0.15, -0.1) is 0 Å². The van der Waals surface area contributed by atoms with Crippen molar-refractivity contribution >= 4 is 17.5 Å². The van der Waals surface area contributed by atoms with Crippen LogP contribution in [0.1, 0.15) is 25.0 Å². The van der Waals surface area contributed by atoms with Gasteiger partial charge >= 0.3 is 0 Å². The van der Waals surface area contributed by atoms with Crippen LogP contribution in [0.2, 0.25) is 0 Å². The number of amides is 2. The third kappa shape index (κ3) is 7.00. The van der Waals surface area contributed by atoms with Crippen molar-refractivity contribution in [1.82, 2.24) is 5.32 Å². The van der Waals surface area contributed by atoms with E-state index in [0.717, 1.165) is 16.8 Å². The summed E-state index contributed by atoms with van der Waals surface area (Å²) in [6, 6.07) is 26.7. The number of carbonyl (C=O) groups is 2. The Balaban J connectivity index is 1.79. The van der Waals surface area contributed by atoms with Gasteiger partial charge in [0.15, 0.2) is 6.61 Å². The number of rotatable bonds is 9. The lowest BCUT2D eigenvalue weighted by molar-refractivity contribution is -0.121. The first-order chi connectivity index (χ1) is 15.0. The molecule has 1 N–H and O–H groups in total. The number of benzene rings is 3. The van der Waals surface area contributed by atoms with Crippen LogP contribution in [0.4, 0.5) is 5.69 Å². The summed E-state index contributed by atoms with van der Waals surface area (Å²) in [6.45, 7) is 4.21. The lowest BCUT2D eigenvalue weighted by Crippen LogP contribution is -2.35. The Morgan fingerprint density at radius 1 is 0.871 bits per heavy atom. The van der Waals surface area contributed by atoms with Crippen LogP contribution in [0, 0.1) is 0 Å². The molecule has 0 heterocycles. The fraction of sp³-hybridized carbons (Fsp3) is 0.231. The summed E-state index contributed by atoms with van der Waals surface area (Å²) in [4.78, 5) is 27.0. The van der Waals surface area contributed by atoms with Gasteiger partial charge in [-0.25, -0.2) is 0 Å². The van der Waals surface area contributed by atoms with Gasteiger partial charge in [-0.05, 0) is 49.2 Å². The Kier molecular flexibility index (Phi) is 7.82. The highest BCUT2D eigenvalue weighted by molar-refractivity contribution is 5.94. The zero-order valence-corrected chi connectivity index (χ0v) is 18.0. The monoisotopic (exact) mass is 416 g/mol. The number of hydrogen-bond donors (Lipinski definition) is 1. The summed E-state index contributed by atoms with van der Waals surface area (Å²) in [7, 11) is 0. The minimum Gasteiger partial charge on any atom is -0.484 e. The van der Waals surface area contributed by atoms with Crippen molar-refractivity contribution in [3.8, 4) is 5.75 Å². The van der Waals surface area contributed by atoms with E-state index in [1.165, 1.54) is 0 Å². The SMILES string of the molecule is CC(C)NC(=O)Cc1cccc(N(Cc2ccccc2)C(=O)COc2ccccc2)c1. The van der Waals surface area contributed by atoms with Gasteiger partial charge in [0.05, 0.1) is 13.0 Å². The molecule has 3 aromatic carbocycles. The normalized spacial score (nSPS) is 10.5. The highest BCUT2D eigenvalue weighted by atomic mass is 16.5. The quantitative estimate of drug-likeness (QED) is 0.564. The van der Waals surface area contributed by atoms with E-state index in [2.05, 4.69) is 5.32 Å². The fourth-order valence-corrected chi connectivity index (χ4v) is 3.22. The number of nitrogens with zero attached hydrogens (tertiary/aromatic N) is 1. The molecular weight excluding hydrogens is 388 g/mol. The van der Waals surface area contributed by atoms with Crippen LogP contribution in [-0.4, -0.2) is 24.5 Å². The van der Waals surface area contributed by atoms with E-state index < -0.39 is 0 Å². The van der Waals surface area contributed by atoms with E-state index >= 15 is 0 Å². The van der Waals surface area contributed by atoms with Crippen molar-refractivity contribution in [2.24, 2.45) is 0 Å². The summed E-state index contributed by atoms with van der Waals surface area (Å²) in [6.07, 6.45) is 0.264. The molecule has 0 saturated heterocycles. The maximum Gasteiger partial charge on any atom is 0.265 e. The van der Waals surface area contributed by atoms with Crippen LogP contribution >= 0.6 is 0 Å². The lowest BCUT2D eigenvalue weighted by Gasteiger charge is -2.24. The largest absolute Gasteiger partial charge is 0.484 e. The summed E-state index contributed by atoms with van der Waals surface area (Å²) < 4.78 is 5.69. The van der Waals surface area contributed by atoms with Crippen LogP contribution < -0.4 is 15.0 Å².